The maximum atomic E-state index is 5.43. The van der Waals surface area contributed by atoms with Crippen molar-refractivity contribution in [3.63, 3.8) is 0 Å². The third kappa shape index (κ3) is 2.00. The number of rotatable bonds is 5. The van der Waals surface area contributed by atoms with Crippen LogP contribution in [0.5, 0.6) is 11.5 Å². The van der Waals surface area contributed by atoms with Gasteiger partial charge >= 0.3 is 0 Å². The summed E-state index contributed by atoms with van der Waals surface area (Å²) in [5.74, 6) is 2.53. The Morgan fingerprint density at radius 2 is 1.75 bits per heavy atom. The molecule has 0 spiro atoms. The molecule has 2 rings (SSSR count). The highest BCUT2D eigenvalue weighted by Crippen LogP contribution is 2.46. The van der Waals surface area contributed by atoms with E-state index in [-0.39, 0.29) is 0 Å². The Hall–Kier alpha value is -1.22. The van der Waals surface area contributed by atoms with Gasteiger partial charge in [-0.05, 0) is 37.9 Å². The molecular weight excluding hydrogens is 202 g/mol. The van der Waals surface area contributed by atoms with E-state index in [1.165, 1.54) is 12.8 Å². The average Bonchev–Trinajstić information content (AvgIpc) is 3.14. The molecule has 0 saturated heterocycles. The van der Waals surface area contributed by atoms with E-state index in [4.69, 9.17) is 9.47 Å². The Morgan fingerprint density at radius 3 is 2.12 bits per heavy atom. The molecule has 0 heterocycles. The number of ether oxygens (including phenoxy) is 2. The first kappa shape index (κ1) is 11.3. The summed E-state index contributed by atoms with van der Waals surface area (Å²) in [5.41, 5.74) is 1.15. The van der Waals surface area contributed by atoms with Gasteiger partial charge in [0.1, 0.15) is 11.5 Å². The monoisotopic (exact) mass is 221 g/mol. The van der Waals surface area contributed by atoms with E-state index in [9.17, 15) is 0 Å². The molecule has 0 amide bonds. The molecule has 0 aliphatic heterocycles. The van der Waals surface area contributed by atoms with Gasteiger partial charge in [0.15, 0.2) is 0 Å². The molecule has 1 aliphatic rings. The predicted octanol–water partition coefficient (Wildman–Crippen LogP) is 2.37. The van der Waals surface area contributed by atoms with Crippen molar-refractivity contribution in [2.45, 2.75) is 18.9 Å². The van der Waals surface area contributed by atoms with Gasteiger partial charge < -0.3 is 14.8 Å². The van der Waals surface area contributed by atoms with E-state index in [0.717, 1.165) is 23.0 Å². The minimum atomic E-state index is 0.339. The third-order valence-corrected chi connectivity index (χ3v) is 3.18. The van der Waals surface area contributed by atoms with Crippen molar-refractivity contribution in [1.82, 2.24) is 5.32 Å². The van der Waals surface area contributed by atoms with E-state index in [1.807, 2.05) is 25.2 Å². The molecule has 1 aromatic rings. The molecule has 1 unspecified atom stereocenters. The molecule has 3 nitrogen and oxygen atoms in total. The number of methoxy groups -OCH3 is 2. The molecule has 16 heavy (non-hydrogen) atoms. The summed E-state index contributed by atoms with van der Waals surface area (Å²) in [6.45, 7) is 0. The van der Waals surface area contributed by atoms with Gasteiger partial charge in [-0.25, -0.2) is 0 Å². The Bertz CT molecular complexity index is 339. The van der Waals surface area contributed by atoms with E-state index in [0.29, 0.717) is 6.04 Å². The van der Waals surface area contributed by atoms with Crippen LogP contribution in [-0.2, 0) is 0 Å². The van der Waals surface area contributed by atoms with Gasteiger partial charge in [0.2, 0.25) is 0 Å². The van der Waals surface area contributed by atoms with Gasteiger partial charge in [0.05, 0.1) is 19.8 Å². The third-order valence-electron chi connectivity index (χ3n) is 3.18. The van der Waals surface area contributed by atoms with Gasteiger partial charge in [-0.2, -0.15) is 0 Å². The highest BCUT2D eigenvalue weighted by atomic mass is 16.5. The molecule has 1 N–H and O–H groups in total. The van der Waals surface area contributed by atoms with Crippen LogP contribution in [0.1, 0.15) is 24.4 Å². The first-order valence-electron chi connectivity index (χ1n) is 5.70. The van der Waals surface area contributed by atoms with Gasteiger partial charge in [-0.15, -0.1) is 0 Å². The lowest BCUT2D eigenvalue weighted by molar-refractivity contribution is 0.367. The Balaban J connectivity index is 2.41. The second kappa shape index (κ2) is 4.74. The van der Waals surface area contributed by atoms with Crippen molar-refractivity contribution >= 4 is 0 Å². The van der Waals surface area contributed by atoms with Crippen LogP contribution < -0.4 is 14.8 Å². The summed E-state index contributed by atoms with van der Waals surface area (Å²) in [6.07, 6.45) is 2.57. The lowest BCUT2D eigenvalue weighted by atomic mass is 10.0. The molecule has 1 fully saturated rings. The minimum absolute atomic E-state index is 0.339. The average molecular weight is 221 g/mol. The molecule has 1 aliphatic carbocycles. The van der Waals surface area contributed by atoms with Crippen molar-refractivity contribution in [3.05, 3.63) is 23.8 Å². The summed E-state index contributed by atoms with van der Waals surface area (Å²) >= 11 is 0. The molecule has 1 saturated carbocycles. The lowest BCUT2D eigenvalue weighted by Gasteiger charge is -2.21. The highest BCUT2D eigenvalue weighted by molar-refractivity contribution is 5.47. The zero-order valence-corrected chi connectivity index (χ0v) is 10.1. The smallest absolute Gasteiger partial charge is 0.127 e. The molecular formula is C13H19NO2. The van der Waals surface area contributed by atoms with Crippen molar-refractivity contribution in [3.8, 4) is 11.5 Å². The van der Waals surface area contributed by atoms with Crippen molar-refractivity contribution in [2.75, 3.05) is 21.3 Å². The molecule has 3 heteroatoms. The second-order valence-electron chi connectivity index (χ2n) is 4.18. The maximum absolute atomic E-state index is 5.43. The Kier molecular flexibility index (Phi) is 3.34. The summed E-state index contributed by atoms with van der Waals surface area (Å²) in [6, 6.07) is 6.28. The maximum Gasteiger partial charge on any atom is 0.127 e. The zero-order chi connectivity index (χ0) is 11.5. The topological polar surface area (TPSA) is 30.5 Å². The van der Waals surface area contributed by atoms with E-state index < -0.39 is 0 Å². The Labute approximate surface area is 96.8 Å². The van der Waals surface area contributed by atoms with Crippen molar-refractivity contribution in [2.24, 2.45) is 5.92 Å². The SMILES string of the molecule is CNC(c1c(OC)cccc1OC)C1CC1. The zero-order valence-electron chi connectivity index (χ0n) is 10.1. The molecule has 0 aromatic heterocycles. The van der Waals surface area contributed by atoms with Gasteiger partial charge in [0, 0.05) is 6.04 Å². The minimum Gasteiger partial charge on any atom is -0.496 e. The van der Waals surface area contributed by atoms with Crippen LogP contribution in [0.4, 0.5) is 0 Å². The van der Waals surface area contributed by atoms with Crippen LogP contribution in [-0.4, -0.2) is 21.3 Å². The summed E-state index contributed by atoms with van der Waals surface area (Å²) in [4.78, 5) is 0. The van der Waals surface area contributed by atoms with Crippen molar-refractivity contribution < 1.29 is 9.47 Å². The number of nitrogens with one attached hydrogen (secondary N) is 1. The second-order valence-corrected chi connectivity index (χ2v) is 4.18. The normalized spacial score (nSPS) is 16.9. The fraction of sp³-hybridized carbons (Fsp3) is 0.538. The molecule has 88 valence electrons. The van der Waals surface area contributed by atoms with Crippen LogP contribution in [0.25, 0.3) is 0 Å². The van der Waals surface area contributed by atoms with Crippen LogP contribution in [0.2, 0.25) is 0 Å². The van der Waals surface area contributed by atoms with Crippen LogP contribution in [0.15, 0.2) is 18.2 Å². The van der Waals surface area contributed by atoms with Crippen molar-refractivity contribution in [1.29, 1.82) is 0 Å². The summed E-state index contributed by atoms with van der Waals surface area (Å²) in [5, 5.41) is 3.37. The first-order valence-corrected chi connectivity index (χ1v) is 5.70. The first-order chi connectivity index (χ1) is 7.81. The predicted molar refractivity (Wildman–Crippen MR) is 64.1 cm³/mol. The molecule has 0 bridgehead atoms. The molecule has 1 aromatic carbocycles. The largest absolute Gasteiger partial charge is 0.496 e. The lowest BCUT2D eigenvalue weighted by Crippen LogP contribution is -2.19. The van der Waals surface area contributed by atoms with Gasteiger partial charge in [-0.3, -0.25) is 0 Å². The number of benzene rings is 1. The quantitative estimate of drug-likeness (QED) is 0.828. The van der Waals surface area contributed by atoms with E-state index in [1.54, 1.807) is 14.2 Å². The van der Waals surface area contributed by atoms with Crippen LogP contribution in [0.3, 0.4) is 0 Å². The standard InChI is InChI=1S/C13H19NO2/c1-14-13(9-7-8-9)12-10(15-2)5-4-6-11(12)16-3/h4-6,9,13-14H,7-8H2,1-3H3. The molecule has 1 atom stereocenters. The summed E-state index contributed by atoms with van der Waals surface area (Å²) in [7, 11) is 5.41. The van der Waals surface area contributed by atoms with Gasteiger partial charge in [-0.1, -0.05) is 6.07 Å². The fourth-order valence-corrected chi connectivity index (χ4v) is 2.23. The van der Waals surface area contributed by atoms with Crippen LogP contribution >= 0.6 is 0 Å². The van der Waals surface area contributed by atoms with Crippen LogP contribution in [0, 0.1) is 5.92 Å². The number of hydrogen-bond acceptors (Lipinski definition) is 3. The van der Waals surface area contributed by atoms with E-state index in [2.05, 4.69) is 5.32 Å². The number of hydrogen-bond donors (Lipinski definition) is 1. The highest BCUT2D eigenvalue weighted by Gasteiger charge is 2.34. The molecule has 0 radical (unpaired) electrons. The van der Waals surface area contributed by atoms with E-state index >= 15 is 0 Å². The van der Waals surface area contributed by atoms with Gasteiger partial charge in [0.25, 0.3) is 0 Å². The Morgan fingerprint density at radius 1 is 1.19 bits per heavy atom. The fourth-order valence-electron chi connectivity index (χ4n) is 2.23. The summed E-state index contributed by atoms with van der Waals surface area (Å²) < 4.78 is 10.9.